The molecule has 448 valence electrons. The van der Waals surface area contributed by atoms with Gasteiger partial charge in [0.15, 0.2) is 0 Å². The summed E-state index contributed by atoms with van der Waals surface area (Å²) in [6.45, 7) is 4.94. The Balaban J connectivity index is 3.46. The molecule has 0 radical (unpaired) electrons. The first-order valence-electron chi connectivity index (χ1n) is 34.3. The van der Waals surface area contributed by atoms with Crippen molar-refractivity contribution in [2.45, 2.75) is 386 Å². The van der Waals surface area contributed by atoms with Crippen molar-refractivity contribution in [2.75, 3.05) is 13.2 Å². The van der Waals surface area contributed by atoms with Gasteiger partial charge in [-0.25, -0.2) is 0 Å². The van der Waals surface area contributed by atoms with Gasteiger partial charge in [-0.15, -0.1) is 0 Å². The highest BCUT2D eigenvalue weighted by atomic mass is 16.5. The molecule has 0 aromatic carbocycles. The van der Waals surface area contributed by atoms with Crippen molar-refractivity contribution in [2.24, 2.45) is 0 Å². The van der Waals surface area contributed by atoms with Crippen LogP contribution in [0.15, 0.2) is 36.5 Å². The number of allylic oxidation sites excluding steroid dienone is 6. The Morgan fingerprint density at radius 3 is 1.01 bits per heavy atom. The van der Waals surface area contributed by atoms with Gasteiger partial charge in [0.05, 0.1) is 25.4 Å². The summed E-state index contributed by atoms with van der Waals surface area (Å²) in [4.78, 5) is 24.6. The Morgan fingerprint density at radius 1 is 0.368 bits per heavy atom. The summed E-state index contributed by atoms with van der Waals surface area (Å²) in [5.41, 5.74) is 0. The number of unbranched alkanes of at least 4 members (excludes halogenated alkanes) is 48. The molecule has 0 fully saturated rings. The van der Waals surface area contributed by atoms with Crippen molar-refractivity contribution in [3.63, 3.8) is 0 Å². The first kappa shape index (κ1) is 74.1. The molecule has 0 bridgehead atoms. The minimum Gasteiger partial charge on any atom is -0.466 e. The van der Waals surface area contributed by atoms with E-state index < -0.39 is 12.1 Å². The lowest BCUT2D eigenvalue weighted by Crippen LogP contribution is -2.45. The molecule has 0 heterocycles. The third kappa shape index (κ3) is 61.3. The number of nitrogens with one attached hydrogen (secondary N) is 1. The first-order chi connectivity index (χ1) is 37.5. The van der Waals surface area contributed by atoms with Gasteiger partial charge < -0.3 is 20.3 Å². The minimum atomic E-state index is -0.673. The van der Waals surface area contributed by atoms with Crippen molar-refractivity contribution in [3.05, 3.63) is 36.5 Å². The summed E-state index contributed by atoms with van der Waals surface area (Å²) in [6.07, 6.45) is 83.2. The van der Waals surface area contributed by atoms with Crippen LogP contribution in [0, 0.1) is 0 Å². The molecule has 6 nitrogen and oxygen atoms in total. The summed E-state index contributed by atoms with van der Waals surface area (Å²) in [5.74, 6) is -0.0569. The molecule has 0 aromatic rings. The number of aliphatic hydroxyl groups is 2. The van der Waals surface area contributed by atoms with Gasteiger partial charge in [-0.05, 0) is 83.5 Å². The number of esters is 1. The summed E-state index contributed by atoms with van der Waals surface area (Å²) in [6, 6.07) is -0.551. The van der Waals surface area contributed by atoms with Gasteiger partial charge in [-0.2, -0.15) is 0 Å². The molecular weight excluding hydrogens is 935 g/mol. The van der Waals surface area contributed by atoms with E-state index >= 15 is 0 Å². The van der Waals surface area contributed by atoms with E-state index in [4.69, 9.17) is 4.74 Å². The zero-order valence-corrected chi connectivity index (χ0v) is 51.3. The quantitative estimate of drug-likeness (QED) is 0.0244. The van der Waals surface area contributed by atoms with Crippen LogP contribution in [-0.4, -0.2) is 47.4 Å². The fourth-order valence-electron chi connectivity index (χ4n) is 10.7. The number of amides is 1. The van der Waals surface area contributed by atoms with E-state index in [1.807, 2.05) is 0 Å². The second-order valence-corrected chi connectivity index (χ2v) is 23.5. The SMILES string of the molecule is CCCCCCCCC/C=C\CCCCCCCCCC(=O)OCCCCC/C=C\C=C/CCCCCCCCCCCCC(=O)NC(CO)C(O)CCCCCCCCCCCCCCCCCCCCCCCC. The van der Waals surface area contributed by atoms with Crippen LogP contribution in [0.25, 0.3) is 0 Å². The molecule has 2 unspecified atom stereocenters. The molecule has 0 aliphatic heterocycles. The highest BCUT2D eigenvalue weighted by Gasteiger charge is 2.20. The Labute approximate surface area is 474 Å². The number of rotatable bonds is 64. The molecule has 0 rings (SSSR count). The average molecular weight is 1070 g/mol. The van der Waals surface area contributed by atoms with Gasteiger partial charge in [0.2, 0.25) is 5.91 Å². The monoisotopic (exact) mass is 1070 g/mol. The fraction of sp³-hybridized carbons (Fsp3) is 0.886. The summed E-state index contributed by atoms with van der Waals surface area (Å²) < 4.78 is 5.47. The van der Waals surface area contributed by atoms with Gasteiger partial charge in [0.1, 0.15) is 0 Å². The molecule has 2 atom stereocenters. The van der Waals surface area contributed by atoms with Gasteiger partial charge in [-0.1, -0.05) is 314 Å². The highest BCUT2D eigenvalue weighted by Crippen LogP contribution is 2.18. The van der Waals surface area contributed by atoms with Gasteiger partial charge in [0.25, 0.3) is 0 Å². The standard InChI is InChI=1S/C70H133NO5/c1-3-5-7-9-11-13-15-17-19-21-23-24-25-27-30-34-38-42-46-50-54-58-62-68(73)67(66-72)71-69(74)63-59-55-51-47-43-39-35-31-28-26-29-33-37-41-45-49-53-57-61-65-76-70(75)64-60-56-52-48-44-40-36-32-22-20-18-16-14-12-10-8-6-4-2/h20,22,33,37,41,45,67-68,72-73H,3-19,21,23-32,34-36,38-40,42-44,46-66H2,1-2H3,(H,71,74)/b22-20-,37-33-,45-41-. The van der Waals surface area contributed by atoms with Crippen LogP contribution >= 0.6 is 0 Å². The normalized spacial score (nSPS) is 12.7. The predicted octanol–water partition coefficient (Wildman–Crippen LogP) is 21.9. The highest BCUT2D eigenvalue weighted by molar-refractivity contribution is 5.76. The molecule has 0 aromatic heterocycles. The molecule has 3 N–H and O–H groups in total. The average Bonchev–Trinajstić information content (AvgIpc) is 3.42. The fourth-order valence-corrected chi connectivity index (χ4v) is 10.7. The topological polar surface area (TPSA) is 95.9 Å². The van der Waals surface area contributed by atoms with Crippen LogP contribution in [0.1, 0.15) is 373 Å². The number of hydrogen-bond donors (Lipinski definition) is 3. The van der Waals surface area contributed by atoms with E-state index in [9.17, 15) is 19.8 Å². The summed E-state index contributed by atoms with van der Waals surface area (Å²) in [5, 5.41) is 23.4. The molecule has 1 amide bonds. The molecule has 76 heavy (non-hydrogen) atoms. The van der Waals surface area contributed by atoms with Gasteiger partial charge in [-0.3, -0.25) is 9.59 Å². The molecular formula is C70H133NO5. The van der Waals surface area contributed by atoms with E-state index in [1.165, 1.54) is 270 Å². The number of hydrogen-bond acceptors (Lipinski definition) is 5. The number of ether oxygens (including phenoxy) is 1. The van der Waals surface area contributed by atoms with Crippen molar-refractivity contribution < 1.29 is 24.5 Å². The molecule has 0 saturated heterocycles. The maximum Gasteiger partial charge on any atom is 0.305 e. The zero-order valence-electron chi connectivity index (χ0n) is 51.3. The van der Waals surface area contributed by atoms with Crippen LogP contribution in [0.3, 0.4) is 0 Å². The minimum absolute atomic E-state index is 0.0155. The second kappa shape index (κ2) is 65.6. The van der Waals surface area contributed by atoms with Gasteiger partial charge >= 0.3 is 5.97 Å². The predicted molar refractivity (Wildman–Crippen MR) is 333 cm³/mol. The Morgan fingerprint density at radius 2 is 0.658 bits per heavy atom. The van der Waals surface area contributed by atoms with E-state index in [-0.39, 0.29) is 18.5 Å². The number of aliphatic hydroxyl groups excluding tert-OH is 2. The molecule has 0 aliphatic carbocycles. The van der Waals surface area contributed by atoms with Crippen LogP contribution in [0.5, 0.6) is 0 Å². The lowest BCUT2D eigenvalue weighted by atomic mass is 10.0. The van der Waals surface area contributed by atoms with E-state index in [1.54, 1.807) is 0 Å². The number of carbonyl (C=O) groups is 2. The second-order valence-electron chi connectivity index (χ2n) is 23.5. The van der Waals surface area contributed by atoms with Crippen molar-refractivity contribution in [1.82, 2.24) is 5.32 Å². The van der Waals surface area contributed by atoms with Crippen molar-refractivity contribution >= 4 is 11.9 Å². The first-order valence-corrected chi connectivity index (χ1v) is 34.3. The maximum atomic E-state index is 12.5. The third-order valence-corrected chi connectivity index (χ3v) is 15.9. The summed E-state index contributed by atoms with van der Waals surface area (Å²) in [7, 11) is 0. The summed E-state index contributed by atoms with van der Waals surface area (Å²) >= 11 is 0. The van der Waals surface area contributed by atoms with Crippen LogP contribution < -0.4 is 5.32 Å². The molecule has 0 saturated carbocycles. The molecule has 0 aliphatic rings. The van der Waals surface area contributed by atoms with Crippen molar-refractivity contribution in [1.29, 1.82) is 0 Å². The van der Waals surface area contributed by atoms with Crippen LogP contribution in [0.4, 0.5) is 0 Å². The van der Waals surface area contributed by atoms with E-state index in [0.717, 1.165) is 70.6 Å². The largest absolute Gasteiger partial charge is 0.466 e. The van der Waals surface area contributed by atoms with E-state index in [0.29, 0.717) is 25.9 Å². The zero-order chi connectivity index (χ0) is 55.0. The molecule has 6 heteroatoms. The van der Waals surface area contributed by atoms with Crippen molar-refractivity contribution in [3.8, 4) is 0 Å². The Kier molecular flexibility index (Phi) is 63.9. The van der Waals surface area contributed by atoms with Gasteiger partial charge in [0, 0.05) is 12.8 Å². The third-order valence-electron chi connectivity index (χ3n) is 15.9. The lowest BCUT2D eigenvalue weighted by Gasteiger charge is -2.22. The van der Waals surface area contributed by atoms with E-state index in [2.05, 4.69) is 55.6 Å². The Hall–Kier alpha value is -1.92. The Bertz CT molecular complexity index is 1230. The maximum absolute atomic E-state index is 12.5. The smallest absolute Gasteiger partial charge is 0.305 e. The van der Waals surface area contributed by atoms with Crippen LogP contribution in [0.2, 0.25) is 0 Å². The molecule has 0 spiro atoms. The lowest BCUT2D eigenvalue weighted by molar-refractivity contribution is -0.143. The van der Waals surface area contributed by atoms with Crippen LogP contribution in [-0.2, 0) is 14.3 Å². The number of carbonyl (C=O) groups excluding carboxylic acids is 2.